The van der Waals surface area contributed by atoms with Gasteiger partial charge in [-0.15, -0.1) is 0 Å². The summed E-state index contributed by atoms with van der Waals surface area (Å²) in [7, 11) is -3.92. The summed E-state index contributed by atoms with van der Waals surface area (Å²) in [6.07, 6.45) is 2.30. The van der Waals surface area contributed by atoms with Crippen molar-refractivity contribution in [3.8, 4) is 0 Å². The third-order valence-electron chi connectivity index (χ3n) is 0. The number of hydrogen-bond donors (Lipinski definition) is 1. The van der Waals surface area contributed by atoms with Crippen LogP contribution in [0.5, 0.6) is 0 Å². The minimum absolute atomic E-state index is 0. The van der Waals surface area contributed by atoms with E-state index in [-0.39, 0.29) is 51.4 Å². The first-order chi connectivity index (χ1) is 2.00. The Morgan fingerprint density at radius 2 is 1.50 bits per heavy atom. The molecule has 5 heteroatoms. The van der Waals surface area contributed by atoms with Crippen molar-refractivity contribution in [1.82, 2.24) is 0 Å². The van der Waals surface area contributed by atoms with Crippen LogP contribution in [-0.4, -0.2) is 13.0 Å². The second kappa shape index (κ2) is 3.54. The van der Waals surface area contributed by atoms with Crippen molar-refractivity contribution < 1.29 is 64.4 Å². The van der Waals surface area contributed by atoms with Crippen molar-refractivity contribution >= 4 is 10.1 Å². The van der Waals surface area contributed by atoms with Crippen LogP contribution >= 0.6 is 0 Å². The number of rotatable bonds is 0. The molecule has 3 nitrogen and oxygen atoms in total. The van der Waals surface area contributed by atoms with Gasteiger partial charge in [0.05, 0.1) is 0 Å². The Morgan fingerprint density at radius 3 is 1.50 bits per heavy atom. The molecule has 0 saturated carbocycles. The Hall–Kier alpha value is 1.55. The molecule has 1 N–H and O–H groups in total. The van der Waals surface area contributed by atoms with Gasteiger partial charge in [0.1, 0.15) is 10.1 Å². The molecule has 0 saturated heterocycles. The standard InChI is InChI=1S/CH3O3S.K/c1-5(2,3)4;/h1H2,(H,2,3,4);/q-1;+1. The molecule has 0 radical (unpaired) electrons. The van der Waals surface area contributed by atoms with Crippen LogP contribution in [0.2, 0.25) is 0 Å². The van der Waals surface area contributed by atoms with Crippen molar-refractivity contribution in [2.45, 2.75) is 0 Å². The molecule has 6 heavy (non-hydrogen) atoms. The monoisotopic (exact) mass is 134 g/mol. The van der Waals surface area contributed by atoms with Gasteiger partial charge in [0, 0.05) is 0 Å². The first kappa shape index (κ1) is 10.5. The van der Waals surface area contributed by atoms with Gasteiger partial charge >= 0.3 is 51.4 Å². The smallest absolute Gasteiger partial charge is 0.310 e. The third kappa shape index (κ3) is 47.9. The summed E-state index contributed by atoms with van der Waals surface area (Å²) in [5.74, 6) is 0. The third-order valence-corrected chi connectivity index (χ3v) is 0. The van der Waals surface area contributed by atoms with Crippen LogP contribution < -0.4 is 51.4 Å². The van der Waals surface area contributed by atoms with Crippen LogP contribution in [0.1, 0.15) is 0 Å². The molecule has 0 aromatic rings. The van der Waals surface area contributed by atoms with E-state index in [1.165, 1.54) is 0 Å². The Bertz CT molecular complexity index is 94.0. The first-order valence-corrected chi connectivity index (χ1v) is 2.41. The quantitative estimate of drug-likeness (QED) is 0.214. The fourth-order valence-electron chi connectivity index (χ4n) is 0. The molecule has 0 aromatic heterocycles. The predicted molar refractivity (Wildman–Crippen MR) is 16.9 cm³/mol. The SMILES string of the molecule is [CH2-]S(=O)(=O)O.[K+]. The summed E-state index contributed by atoms with van der Waals surface area (Å²) in [5.41, 5.74) is 0. The maximum atomic E-state index is 9.08. The van der Waals surface area contributed by atoms with Crippen LogP contribution in [0, 0.1) is 6.26 Å². The second-order valence-corrected chi connectivity index (χ2v) is 1.75. The van der Waals surface area contributed by atoms with E-state index in [2.05, 4.69) is 6.26 Å². The van der Waals surface area contributed by atoms with Crippen LogP contribution in [0.3, 0.4) is 0 Å². The average Bonchev–Trinajstić information content (AvgIpc) is 0.722. The molecule has 32 valence electrons. The molecule has 0 bridgehead atoms. The zero-order valence-electron chi connectivity index (χ0n) is 3.38. The van der Waals surface area contributed by atoms with Gasteiger partial charge in [0.25, 0.3) is 0 Å². The molecule has 0 amide bonds. The summed E-state index contributed by atoms with van der Waals surface area (Å²) >= 11 is 0. The Balaban J connectivity index is 0. The fourth-order valence-corrected chi connectivity index (χ4v) is 0. The Kier molecular flexibility index (Phi) is 6.20. The first-order valence-electron chi connectivity index (χ1n) is 0.805. The summed E-state index contributed by atoms with van der Waals surface area (Å²) in [4.78, 5) is 0. The molecule has 0 aliphatic rings. The van der Waals surface area contributed by atoms with Crippen LogP contribution in [0.25, 0.3) is 0 Å². The van der Waals surface area contributed by atoms with Gasteiger partial charge in [-0.05, 0) is 0 Å². The van der Waals surface area contributed by atoms with Gasteiger partial charge in [-0.3, -0.25) is 0 Å². The van der Waals surface area contributed by atoms with Crippen LogP contribution in [-0.2, 0) is 10.1 Å². The minimum atomic E-state index is -3.92. The van der Waals surface area contributed by atoms with Crippen molar-refractivity contribution in [1.29, 1.82) is 0 Å². The van der Waals surface area contributed by atoms with E-state index in [0.29, 0.717) is 0 Å². The molecule has 0 unspecified atom stereocenters. The summed E-state index contributed by atoms with van der Waals surface area (Å²) in [6.45, 7) is 0. The topological polar surface area (TPSA) is 54.4 Å². The Morgan fingerprint density at radius 1 is 1.50 bits per heavy atom. The molecule has 0 atom stereocenters. The van der Waals surface area contributed by atoms with Crippen LogP contribution in [0.4, 0.5) is 0 Å². The molecule has 0 aromatic carbocycles. The van der Waals surface area contributed by atoms with Crippen molar-refractivity contribution in [3.05, 3.63) is 6.26 Å². The summed E-state index contributed by atoms with van der Waals surface area (Å²) in [5, 5.41) is 0. The van der Waals surface area contributed by atoms with Gasteiger partial charge < -0.3 is 4.55 Å². The van der Waals surface area contributed by atoms with E-state index < -0.39 is 10.1 Å². The fraction of sp³-hybridized carbons (Fsp3) is 0. The van der Waals surface area contributed by atoms with E-state index in [9.17, 15) is 0 Å². The molecule has 0 aliphatic carbocycles. The van der Waals surface area contributed by atoms with Gasteiger partial charge in [-0.1, -0.05) is 0 Å². The van der Waals surface area contributed by atoms with E-state index in [4.69, 9.17) is 13.0 Å². The van der Waals surface area contributed by atoms with E-state index in [1.807, 2.05) is 0 Å². The average molecular weight is 134 g/mol. The maximum Gasteiger partial charge on any atom is 1.00 e. The zero-order valence-corrected chi connectivity index (χ0v) is 7.32. The normalized spacial score (nSPS) is 9.67. The predicted octanol–water partition coefficient (Wildman–Crippen LogP) is -3.33. The van der Waals surface area contributed by atoms with Crippen molar-refractivity contribution in [2.75, 3.05) is 0 Å². The van der Waals surface area contributed by atoms with Gasteiger partial charge in [-0.2, -0.15) is 6.26 Å². The maximum absolute atomic E-state index is 9.08. The summed E-state index contributed by atoms with van der Waals surface area (Å²) < 4.78 is 25.5. The molecular weight excluding hydrogens is 131 g/mol. The van der Waals surface area contributed by atoms with E-state index in [1.54, 1.807) is 0 Å². The molecule has 0 spiro atoms. The van der Waals surface area contributed by atoms with E-state index in [0.717, 1.165) is 0 Å². The number of hydrogen-bond acceptors (Lipinski definition) is 2. The molecule has 0 fully saturated rings. The van der Waals surface area contributed by atoms with Gasteiger partial charge in [-0.25, -0.2) is 8.42 Å². The van der Waals surface area contributed by atoms with Crippen molar-refractivity contribution in [2.24, 2.45) is 0 Å². The van der Waals surface area contributed by atoms with Gasteiger partial charge in [0.2, 0.25) is 0 Å². The Labute approximate surface area is 79.3 Å². The van der Waals surface area contributed by atoms with Crippen LogP contribution in [0.15, 0.2) is 0 Å². The van der Waals surface area contributed by atoms with E-state index >= 15 is 0 Å². The molecular formula is CH3KO3S. The summed E-state index contributed by atoms with van der Waals surface area (Å²) in [6, 6.07) is 0. The molecule has 0 aliphatic heterocycles. The van der Waals surface area contributed by atoms with Crippen molar-refractivity contribution in [3.63, 3.8) is 0 Å². The molecule has 0 heterocycles. The van der Waals surface area contributed by atoms with Gasteiger partial charge in [0.15, 0.2) is 0 Å². The largest absolute Gasteiger partial charge is 1.00 e. The second-order valence-electron chi connectivity index (χ2n) is 0.582. The molecule has 0 rings (SSSR count). The zero-order chi connectivity index (χ0) is 4.50. The minimum Gasteiger partial charge on any atom is -0.310 e.